The van der Waals surface area contributed by atoms with E-state index in [9.17, 15) is 14.7 Å². The fraction of sp³-hybridized carbons (Fsp3) is 0.160. The van der Waals surface area contributed by atoms with Crippen molar-refractivity contribution in [3.8, 4) is 11.5 Å². The van der Waals surface area contributed by atoms with Crippen LogP contribution in [0.3, 0.4) is 0 Å². The Morgan fingerprint density at radius 3 is 2.92 bits per heavy atom. The molecule has 0 fully saturated rings. The van der Waals surface area contributed by atoms with Crippen molar-refractivity contribution < 1.29 is 19.4 Å². The van der Waals surface area contributed by atoms with Gasteiger partial charge in [0.05, 0.1) is 30.7 Å². The molecule has 186 valence electrons. The first-order valence-electron chi connectivity index (χ1n) is 11.4. The van der Waals surface area contributed by atoms with Crippen LogP contribution in [-0.4, -0.2) is 61.8 Å². The number of aromatic amines is 2. The van der Waals surface area contributed by atoms with Gasteiger partial charge in [0.1, 0.15) is 23.0 Å². The molecule has 0 unspecified atom stereocenters. The maximum atomic E-state index is 13.7. The monoisotopic (exact) mass is 517 g/mol. The highest BCUT2D eigenvalue weighted by Crippen LogP contribution is 2.48. The number of ether oxygens (including phenoxy) is 1. The molecule has 1 aliphatic rings. The molecule has 2 amide bonds. The number of pyridine rings is 1. The number of amides is 2. The lowest BCUT2D eigenvalue weighted by Gasteiger charge is -2.18. The molecule has 2 aromatic carbocycles. The van der Waals surface area contributed by atoms with E-state index in [0.717, 1.165) is 10.9 Å². The van der Waals surface area contributed by atoms with Crippen LogP contribution < -0.4 is 15.0 Å². The third-order valence-corrected chi connectivity index (χ3v) is 6.87. The van der Waals surface area contributed by atoms with E-state index in [1.54, 1.807) is 30.2 Å². The van der Waals surface area contributed by atoms with Gasteiger partial charge >= 0.3 is 0 Å². The number of aromatic hydroxyl groups is 1. The van der Waals surface area contributed by atoms with Crippen LogP contribution in [0.25, 0.3) is 21.7 Å². The van der Waals surface area contributed by atoms with Crippen LogP contribution >= 0.6 is 11.6 Å². The van der Waals surface area contributed by atoms with Gasteiger partial charge in [0.2, 0.25) is 0 Å². The second-order valence-corrected chi connectivity index (χ2v) is 8.94. The third-order valence-electron chi connectivity index (χ3n) is 6.50. The molecule has 12 heteroatoms. The second-order valence-electron chi connectivity index (χ2n) is 8.63. The minimum Gasteiger partial charge on any atom is -0.507 e. The van der Waals surface area contributed by atoms with Crippen LogP contribution in [0.1, 0.15) is 32.5 Å². The molecule has 4 heterocycles. The topological polar surface area (TPSA) is 149 Å². The minimum atomic E-state index is -0.462. The molecular formula is C25H20ClN7O4. The van der Waals surface area contributed by atoms with Crippen molar-refractivity contribution >= 4 is 56.6 Å². The van der Waals surface area contributed by atoms with Crippen molar-refractivity contribution in [1.29, 1.82) is 0 Å². The van der Waals surface area contributed by atoms with E-state index < -0.39 is 5.91 Å². The number of anilines is 2. The van der Waals surface area contributed by atoms with Gasteiger partial charge in [-0.25, -0.2) is 4.98 Å². The summed E-state index contributed by atoms with van der Waals surface area (Å²) in [5.74, 6) is 0.350. The van der Waals surface area contributed by atoms with Gasteiger partial charge in [-0.1, -0.05) is 17.3 Å². The molecule has 0 radical (unpaired) electrons. The van der Waals surface area contributed by atoms with Crippen molar-refractivity contribution in [2.75, 3.05) is 29.8 Å². The standard InChI is InChI=1S/C25H20ClN7O4/c1-37-20-4-2-3-14-19(34)7-18-22(23(14)20)13(8-26)11-33(18)25(36)15-5-12-6-21(27-9-16(12)29-15)30-24(35)17-10-28-32-31-17/h2-7,9-10,13,29,34H,8,11H2,1H3,(H,27,30,35)(H,28,31,32)/t13-/m1/s1. The number of H-pyrrole nitrogens is 2. The maximum Gasteiger partial charge on any atom is 0.278 e. The zero-order chi connectivity index (χ0) is 25.7. The Morgan fingerprint density at radius 2 is 2.16 bits per heavy atom. The number of hydrogen-bond donors (Lipinski definition) is 4. The molecule has 0 spiro atoms. The number of nitrogens with zero attached hydrogens (tertiary/aromatic N) is 4. The quantitative estimate of drug-likeness (QED) is 0.259. The Bertz CT molecular complexity index is 1680. The summed E-state index contributed by atoms with van der Waals surface area (Å²) in [4.78, 5) is 34.9. The number of methoxy groups -OCH3 is 1. The predicted octanol–water partition coefficient (Wildman–Crippen LogP) is 3.78. The van der Waals surface area contributed by atoms with Gasteiger partial charge in [0, 0.05) is 40.6 Å². The summed E-state index contributed by atoms with van der Waals surface area (Å²) in [6.45, 7) is 0.348. The van der Waals surface area contributed by atoms with E-state index in [2.05, 4.69) is 30.7 Å². The van der Waals surface area contributed by atoms with Gasteiger partial charge < -0.3 is 25.0 Å². The molecule has 11 nitrogen and oxygen atoms in total. The van der Waals surface area contributed by atoms with E-state index in [4.69, 9.17) is 16.3 Å². The van der Waals surface area contributed by atoms with Gasteiger partial charge in [-0.15, -0.1) is 16.7 Å². The Kier molecular flexibility index (Phi) is 5.41. The third kappa shape index (κ3) is 3.71. The number of phenols is 1. The lowest BCUT2D eigenvalue weighted by molar-refractivity contribution is 0.0982. The number of alkyl halides is 1. The molecule has 6 rings (SSSR count). The molecule has 0 bridgehead atoms. The largest absolute Gasteiger partial charge is 0.507 e. The fourth-order valence-electron chi connectivity index (χ4n) is 4.82. The van der Waals surface area contributed by atoms with Gasteiger partial charge in [-0.2, -0.15) is 0 Å². The number of benzene rings is 2. The van der Waals surface area contributed by atoms with Crippen LogP contribution in [0, 0.1) is 0 Å². The van der Waals surface area contributed by atoms with Crippen LogP contribution in [0.4, 0.5) is 11.5 Å². The summed E-state index contributed by atoms with van der Waals surface area (Å²) in [5, 5.41) is 25.2. The number of nitrogens with one attached hydrogen (secondary N) is 3. The predicted molar refractivity (Wildman–Crippen MR) is 138 cm³/mol. The number of fused-ring (bicyclic) bond motifs is 4. The Morgan fingerprint density at radius 1 is 1.30 bits per heavy atom. The first kappa shape index (κ1) is 22.8. The molecule has 3 aromatic heterocycles. The van der Waals surface area contributed by atoms with E-state index in [1.165, 1.54) is 12.4 Å². The van der Waals surface area contributed by atoms with Gasteiger partial charge in [0.15, 0.2) is 5.69 Å². The highest BCUT2D eigenvalue weighted by atomic mass is 35.5. The Balaban J connectivity index is 1.36. The summed E-state index contributed by atoms with van der Waals surface area (Å²) in [6.07, 6.45) is 2.91. The maximum absolute atomic E-state index is 13.7. The average Bonchev–Trinajstić information content (AvgIpc) is 3.66. The second kappa shape index (κ2) is 8.79. The summed E-state index contributed by atoms with van der Waals surface area (Å²) < 4.78 is 5.57. The van der Waals surface area contributed by atoms with E-state index in [-0.39, 0.29) is 23.3 Å². The van der Waals surface area contributed by atoms with Crippen molar-refractivity contribution in [3.63, 3.8) is 0 Å². The highest BCUT2D eigenvalue weighted by Gasteiger charge is 2.36. The van der Waals surface area contributed by atoms with Crippen LogP contribution in [-0.2, 0) is 0 Å². The van der Waals surface area contributed by atoms with Crippen molar-refractivity contribution in [3.05, 3.63) is 65.7 Å². The average molecular weight is 518 g/mol. The number of rotatable bonds is 5. The summed E-state index contributed by atoms with van der Waals surface area (Å²) in [7, 11) is 1.57. The lowest BCUT2D eigenvalue weighted by Crippen LogP contribution is -2.30. The molecule has 4 N–H and O–H groups in total. The van der Waals surface area contributed by atoms with E-state index >= 15 is 0 Å². The normalized spacial score (nSPS) is 14.8. The molecular weight excluding hydrogens is 498 g/mol. The number of halogens is 1. The van der Waals surface area contributed by atoms with E-state index in [1.807, 2.05) is 18.2 Å². The van der Waals surface area contributed by atoms with Gasteiger partial charge in [-0.05, 0) is 23.8 Å². The lowest BCUT2D eigenvalue weighted by atomic mass is 9.94. The number of hydrogen-bond acceptors (Lipinski definition) is 7. The van der Waals surface area contributed by atoms with Gasteiger partial charge in [0.25, 0.3) is 11.8 Å². The summed E-state index contributed by atoms with van der Waals surface area (Å²) >= 11 is 6.35. The number of carbonyl (C=O) groups is 2. The number of phenolic OH excluding ortho intramolecular Hbond substituents is 1. The molecule has 1 atom stereocenters. The summed E-state index contributed by atoms with van der Waals surface area (Å²) in [6, 6.07) is 10.4. The minimum absolute atomic E-state index is 0.0500. The molecule has 5 aromatic rings. The van der Waals surface area contributed by atoms with E-state index in [0.29, 0.717) is 51.7 Å². The number of aromatic nitrogens is 5. The van der Waals surface area contributed by atoms with Crippen molar-refractivity contribution in [1.82, 2.24) is 25.4 Å². The first-order chi connectivity index (χ1) is 18.0. The Hall–Kier alpha value is -4.64. The molecule has 1 aliphatic heterocycles. The molecule has 37 heavy (non-hydrogen) atoms. The van der Waals surface area contributed by atoms with Crippen LogP contribution in [0.2, 0.25) is 0 Å². The fourth-order valence-corrected chi connectivity index (χ4v) is 5.08. The van der Waals surface area contributed by atoms with Gasteiger partial charge in [-0.3, -0.25) is 14.7 Å². The zero-order valence-electron chi connectivity index (χ0n) is 19.4. The van der Waals surface area contributed by atoms with Crippen molar-refractivity contribution in [2.24, 2.45) is 0 Å². The van der Waals surface area contributed by atoms with Crippen LogP contribution in [0.5, 0.6) is 11.5 Å². The van der Waals surface area contributed by atoms with Crippen LogP contribution in [0.15, 0.2) is 48.8 Å². The highest BCUT2D eigenvalue weighted by molar-refractivity contribution is 6.19. The molecule has 0 saturated heterocycles. The smallest absolute Gasteiger partial charge is 0.278 e. The summed E-state index contributed by atoms with van der Waals surface area (Å²) in [5.41, 5.74) is 2.53. The first-order valence-corrected chi connectivity index (χ1v) is 11.9. The zero-order valence-corrected chi connectivity index (χ0v) is 20.2. The SMILES string of the molecule is COc1cccc2c(O)cc3c(c12)[C@H](CCl)CN3C(=O)c1cc2cc(NC(=O)c3c[nH]nn3)ncc2[nH]1. The molecule has 0 aliphatic carbocycles. The Labute approximate surface area is 214 Å². The number of carbonyl (C=O) groups excluding carboxylic acids is 2. The molecule has 0 saturated carbocycles. The van der Waals surface area contributed by atoms with Crippen molar-refractivity contribution in [2.45, 2.75) is 5.92 Å².